The molecule has 0 radical (unpaired) electrons. The summed E-state index contributed by atoms with van der Waals surface area (Å²) in [4.78, 5) is 33.6. The Balaban J connectivity index is 4.02. The predicted octanol–water partition coefficient (Wildman–Crippen LogP) is 0.700. The van der Waals surface area contributed by atoms with Gasteiger partial charge in [-0.15, -0.1) is 0 Å². The molecule has 0 aliphatic heterocycles. The van der Waals surface area contributed by atoms with E-state index in [-0.39, 0.29) is 37.3 Å². The number of carboxylic acid groups (broad SMARTS) is 1. The van der Waals surface area contributed by atoms with Gasteiger partial charge in [0, 0.05) is 25.0 Å². The summed E-state index contributed by atoms with van der Waals surface area (Å²) >= 11 is 0. The molecule has 0 aromatic heterocycles. The first-order valence-electron chi connectivity index (χ1n) is 6.77. The molecule has 7 heteroatoms. The van der Waals surface area contributed by atoms with Gasteiger partial charge >= 0.3 is 12.0 Å². The number of aliphatic carboxylic acids is 1. The lowest BCUT2D eigenvalue weighted by molar-refractivity contribution is -0.137. The number of carbonyl (C=O) groups is 3. The van der Waals surface area contributed by atoms with Gasteiger partial charge in [-0.2, -0.15) is 0 Å². The summed E-state index contributed by atoms with van der Waals surface area (Å²) in [5.41, 5.74) is 0. The van der Waals surface area contributed by atoms with Crippen LogP contribution in [-0.4, -0.2) is 41.6 Å². The minimum atomic E-state index is -0.958. The standard InChI is InChI=1S/C13H25N3O4/c1-8(2)10(7-12(18)19)16-13(20)14-6-5-11(17)15-9(3)4/h8-10H,5-7H2,1-4H3,(H,15,17)(H,18,19)(H2,14,16,20). The Morgan fingerprint density at radius 1 is 1.05 bits per heavy atom. The van der Waals surface area contributed by atoms with Crippen LogP contribution in [0.15, 0.2) is 0 Å². The Morgan fingerprint density at radius 2 is 1.65 bits per heavy atom. The molecule has 0 bridgehead atoms. The lowest BCUT2D eigenvalue weighted by Crippen LogP contribution is -2.46. The lowest BCUT2D eigenvalue weighted by Gasteiger charge is -2.20. The van der Waals surface area contributed by atoms with E-state index in [1.54, 1.807) is 0 Å². The van der Waals surface area contributed by atoms with Gasteiger partial charge < -0.3 is 21.1 Å². The molecular weight excluding hydrogens is 262 g/mol. The molecule has 1 atom stereocenters. The summed E-state index contributed by atoms with van der Waals surface area (Å²) in [5.74, 6) is -1.08. The fourth-order valence-electron chi connectivity index (χ4n) is 1.54. The summed E-state index contributed by atoms with van der Waals surface area (Å²) in [6.07, 6.45) is 0.0653. The highest BCUT2D eigenvalue weighted by atomic mass is 16.4. The largest absolute Gasteiger partial charge is 0.481 e. The molecule has 1 unspecified atom stereocenters. The minimum absolute atomic E-state index is 0.0149. The molecule has 0 heterocycles. The van der Waals surface area contributed by atoms with Gasteiger partial charge in [-0.05, 0) is 19.8 Å². The first kappa shape index (κ1) is 18.2. The number of amides is 3. The number of carboxylic acids is 1. The molecule has 0 aliphatic rings. The molecule has 0 aromatic rings. The van der Waals surface area contributed by atoms with Gasteiger partial charge in [-0.25, -0.2) is 4.79 Å². The van der Waals surface area contributed by atoms with Crippen molar-refractivity contribution < 1.29 is 19.5 Å². The Bertz CT molecular complexity index is 343. The molecule has 0 aromatic carbocycles. The fraction of sp³-hybridized carbons (Fsp3) is 0.769. The monoisotopic (exact) mass is 287 g/mol. The average Bonchev–Trinajstić information content (AvgIpc) is 2.26. The highest BCUT2D eigenvalue weighted by Gasteiger charge is 2.19. The number of nitrogens with one attached hydrogen (secondary N) is 3. The van der Waals surface area contributed by atoms with Crippen molar-refractivity contribution in [2.45, 2.75) is 52.6 Å². The van der Waals surface area contributed by atoms with Crippen LogP contribution in [0.2, 0.25) is 0 Å². The molecule has 4 N–H and O–H groups in total. The summed E-state index contributed by atoms with van der Waals surface area (Å²) in [7, 11) is 0. The van der Waals surface area contributed by atoms with Crippen molar-refractivity contribution in [1.82, 2.24) is 16.0 Å². The molecule has 0 saturated heterocycles. The van der Waals surface area contributed by atoms with E-state index in [4.69, 9.17) is 5.11 Å². The molecule has 116 valence electrons. The summed E-state index contributed by atoms with van der Waals surface area (Å²) in [6.45, 7) is 7.60. The number of hydrogen-bond acceptors (Lipinski definition) is 3. The smallest absolute Gasteiger partial charge is 0.315 e. The average molecular weight is 287 g/mol. The van der Waals surface area contributed by atoms with Crippen LogP contribution in [0.3, 0.4) is 0 Å². The van der Waals surface area contributed by atoms with Crippen molar-refractivity contribution in [2.75, 3.05) is 6.54 Å². The van der Waals surface area contributed by atoms with Gasteiger partial charge in [0.05, 0.1) is 6.42 Å². The summed E-state index contributed by atoms with van der Waals surface area (Å²) in [5, 5.41) is 16.6. The summed E-state index contributed by atoms with van der Waals surface area (Å²) in [6, 6.07) is -0.823. The Hall–Kier alpha value is -1.79. The molecular formula is C13H25N3O4. The van der Waals surface area contributed by atoms with Gasteiger partial charge in [0.1, 0.15) is 0 Å². The Morgan fingerprint density at radius 3 is 2.10 bits per heavy atom. The van der Waals surface area contributed by atoms with E-state index in [9.17, 15) is 14.4 Å². The maximum atomic E-state index is 11.6. The van der Waals surface area contributed by atoms with Gasteiger partial charge in [-0.1, -0.05) is 13.8 Å². The molecule has 7 nitrogen and oxygen atoms in total. The van der Waals surface area contributed by atoms with E-state index in [0.29, 0.717) is 0 Å². The Labute approximate surface area is 119 Å². The Kier molecular flexibility index (Phi) is 8.35. The first-order valence-corrected chi connectivity index (χ1v) is 6.77. The SMILES string of the molecule is CC(C)NC(=O)CCNC(=O)NC(CC(=O)O)C(C)C. The van der Waals surface area contributed by atoms with Crippen molar-refractivity contribution in [2.24, 2.45) is 5.92 Å². The molecule has 0 spiro atoms. The minimum Gasteiger partial charge on any atom is -0.481 e. The second-order valence-corrected chi connectivity index (χ2v) is 5.32. The first-order chi connectivity index (χ1) is 9.22. The van der Waals surface area contributed by atoms with E-state index in [0.717, 1.165) is 0 Å². The molecule has 0 aliphatic carbocycles. The van der Waals surface area contributed by atoms with Gasteiger partial charge in [-0.3, -0.25) is 9.59 Å². The third-order valence-corrected chi connectivity index (χ3v) is 2.60. The lowest BCUT2D eigenvalue weighted by atomic mass is 10.0. The van der Waals surface area contributed by atoms with Crippen LogP contribution in [-0.2, 0) is 9.59 Å². The normalized spacial score (nSPS) is 12.1. The van der Waals surface area contributed by atoms with E-state index in [1.165, 1.54) is 0 Å². The quantitative estimate of drug-likeness (QED) is 0.527. The van der Waals surface area contributed by atoms with E-state index in [1.807, 2.05) is 27.7 Å². The third-order valence-electron chi connectivity index (χ3n) is 2.60. The second kappa shape index (κ2) is 9.17. The van der Waals surface area contributed by atoms with Crippen molar-refractivity contribution in [3.63, 3.8) is 0 Å². The van der Waals surface area contributed by atoms with E-state index < -0.39 is 18.0 Å². The number of urea groups is 1. The van der Waals surface area contributed by atoms with Crippen LogP contribution in [0.1, 0.15) is 40.5 Å². The zero-order valence-corrected chi connectivity index (χ0v) is 12.5. The third kappa shape index (κ3) is 9.18. The molecule has 0 rings (SSSR count). The topological polar surface area (TPSA) is 108 Å². The van der Waals surface area contributed by atoms with Crippen molar-refractivity contribution in [1.29, 1.82) is 0 Å². The van der Waals surface area contributed by atoms with Crippen molar-refractivity contribution >= 4 is 17.9 Å². The van der Waals surface area contributed by atoms with E-state index >= 15 is 0 Å². The zero-order valence-electron chi connectivity index (χ0n) is 12.5. The van der Waals surface area contributed by atoms with Crippen LogP contribution < -0.4 is 16.0 Å². The predicted molar refractivity (Wildman–Crippen MR) is 75.3 cm³/mol. The zero-order chi connectivity index (χ0) is 15.7. The second-order valence-electron chi connectivity index (χ2n) is 5.32. The summed E-state index contributed by atoms with van der Waals surface area (Å²) < 4.78 is 0. The van der Waals surface area contributed by atoms with Crippen LogP contribution in [0, 0.1) is 5.92 Å². The maximum absolute atomic E-state index is 11.6. The van der Waals surface area contributed by atoms with Crippen LogP contribution in [0.5, 0.6) is 0 Å². The molecule has 0 saturated carbocycles. The molecule has 0 fully saturated rings. The van der Waals surface area contributed by atoms with Crippen LogP contribution in [0.25, 0.3) is 0 Å². The highest BCUT2D eigenvalue weighted by molar-refractivity contribution is 5.78. The van der Waals surface area contributed by atoms with Crippen molar-refractivity contribution in [3.05, 3.63) is 0 Å². The number of hydrogen-bond donors (Lipinski definition) is 4. The molecule has 3 amide bonds. The fourth-order valence-corrected chi connectivity index (χ4v) is 1.54. The van der Waals surface area contributed by atoms with Gasteiger partial charge in [0.15, 0.2) is 0 Å². The number of rotatable bonds is 8. The van der Waals surface area contributed by atoms with Gasteiger partial charge in [0.2, 0.25) is 5.91 Å². The maximum Gasteiger partial charge on any atom is 0.315 e. The highest BCUT2D eigenvalue weighted by Crippen LogP contribution is 2.05. The number of carbonyl (C=O) groups excluding carboxylic acids is 2. The van der Waals surface area contributed by atoms with Crippen LogP contribution >= 0.6 is 0 Å². The van der Waals surface area contributed by atoms with E-state index in [2.05, 4.69) is 16.0 Å². The van der Waals surface area contributed by atoms with Crippen molar-refractivity contribution in [3.8, 4) is 0 Å². The molecule has 20 heavy (non-hydrogen) atoms. The van der Waals surface area contributed by atoms with Crippen LogP contribution in [0.4, 0.5) is 4.79 Å². The van der Waals surface area contributed by atoms with Gasteiger partial charge in [0.25, 0.3) is 0 Å².